The van der Waals surface area contributed by atoms with E-state index in [4.69, 9.17) is 14.2 Å². The molecule has 6 nitrogen and oxygen atoms in total. The lowest BCUT2D eigenvalue weighted by Crippen LogP contribution is -2.59. The maximum atomic E-state index is 14.8. The van der Waals surface area contributed by atoms with Crippen LogP contribution in [0.5, 0.6) is 5.75 Å². The summed E-state index contributed by atoms with van der Waals surface area (Å²) in [5.41, 5.74) is -2.49. The van der Waals surface area contributed by atoms with Crippen molar-refractivity contribution in [1.82, 2.24) is 4.90 Å². The Kier molecular flexibility index (Phi) is 5.07. The predicted molar refractivity (Wildman–Crippen MR) is 91.7 cm³/mol. The second kappa shape index (κ2) is 7.40. The van der Waals surface area contributed by atoms with Crippen molar-refractivity contribution in [1.29, 1.82) is 0 Å². The molecule has 32 heavy (non-hydrogen) atoms. The van der Waals surface area contributed by atoms with Gasteiger partial charge in [-0.3, -0.25) is 0 Å². The molecule has 12 heteroatoms. The van der Waals surface area contributed by atoms with E-state index in [2.05, 4.69) is 0 Å². The highest BCUT2D eigenvalue weighted by atomic mass is 19.2. The molecule has 2 heterocycles. The van der Waals surface area contributed by atoms with Crippen molar-refractivity contribution in [2.45, 2.75) is 24.4 Å². The highest BCUT2D eigenvalue weighted by Crippen LogP contribution is 2.48. The lowest BCUT2D eigenvalue weighted by Gasteiger charge is -2.47. The molecule has 2 saturated heterocycles. The number of nitrogens with zero attached hydrogens (tertiary/aromatic N) is 1. The number of esters is 2. The van der Waals surface area contributed by atoms with Crippen molar-refractivity contribution in [2.75, 3.05) is 13.6 Å². The fourth-order valence-corrected chi connectivity index (χ4v) is 3.80. The maximum absolute atomic E-state index is 14.8. The fourth-order valence-electron chi connectivity index (χ4n) is 3.80. The quantitative estimate of drug-likeness (QED) is 0.230. The van der Waals surface area contributed by atoms with E-state index >= 15 is 0 Å². The molecule has 1 atom stereocenters. The minimum absolute atomic E-state index is 0.149. The van der Waals surface area contributed by atoms with Gasteiger partial charge in [-0.15, -0.1) is 0 Å². The Labute approximate surface area is 176 Å². The molecule has 2 aromatic carbocycles. The first-order valence-electron chi connectivity index (χ1n) is 9.14. The van der Waals surface area contributed by atoms with Gasteiger partial charge in [0, 0.05) is 18.5 Å². The van der Waals surface area contributed by atoms with Crippen LogP contribution in [0.4, 0.5) is 26.3 Å². The molecule has 0 aliphatic carbocycles. The molecule has 4 rings (SSSR count). The third-order valence-electron chi connectivity index (χ3n) is 5.44. The number of ether oxygens (including phenoxy) is 3. The van der Waals surface area contributed by atoms with Gasteiger partial charge in [0.15, 0.2) is 5.75 Å². The topological polar surface area (TPSA) is 65.1 Å². The Bertz CT molecular complexity index is 1100. The van der Waals surface area contributed by atoms with E-state index in [9.17, 15) is 35.9 Å². The van der Waals surface area contributed by atoms with Crippen LogP contribution in [0.2, 0.25) is 0 Å². The summed E-state index contributed by atoms with van der Waals surface area (Å²) in [4.78, 5) is 24.7. The minimum Gasteiger partial charge on any atom is -0.476 e. The van der Waals surface area contributed by atoms with Gasteiger partial charge in [0.1, 0.15) is 11.4 Å². The summed E-state index contributed by atoms with van der Waals surface area (Å²) in [5, 5.41) is 0. The molecule has 1 unspecified atom stereocenters. The summed E-state index contributed by atoms with van der Waals surface area (Å²) >= 11 is 0. The normalized spacial score (nSPS) is 22.7. The molecular formula is C20H13F6NO5. The second-order valence-electron chi connectivity index (χ2n) is 7.32. The van der Waals surface area contributed by atoms with Gasteiger partial charge >= 0.3 is 17.8 Å². The lowest BCUT2D eigenvalue weighted by atomic mass is 9.81. The molecule has 0 aromatic heterocycles. The molecule has 0 bridgehead atoms. The molecule has 170 valence electrons. The van der Waals surface area contributed by atoms with Gasteiger partial charge in [0.2, 0.25) is 29.1 Å². The average molecular weight is 461 g/mol. The van der Waals surface area contributed by atoms with Gasteiger partial charge in [-0.1, -0.05) is 18.2 Å². The number of rotatable bonds is 3. The molecule has 0 N–H and O–H groups in total. The second-order valence-corrected chi connectivity index (χ2v) is 7.32. The van der Waals surface area contributed by atoms with Crippen LogP contribution in [-0.4, -0.2) is 36.3 Å². The predicted octanol–water partition coefficient (Wildman–Crippen LogP) is 3.27. The van der Waals surface area contributed by atoms with Crippen LogP contribution in [0.1, 0.15) is 18.4 Å². The van der Waals surface area contributed by atoms with Crippen molar-refractivity contribution in [3.05, 3.63) is 64.7 Å². The lowest BCUT2D eigenvalue weighted by molar-refractivity contribution is -0.284. The van der Waals surface area contributed by atoms with Crippen LogP contribution in [0.25, 0.3) is 0 Å². The van der Waals surface area contributed by atoms with Gasteiger partial charge in [-0.2, -0.15) is 8.78 Å². The first-order chi connectivity index (χ1) is 15.0. The van der Waals surface area contributed by atoms with E-state index in [1.807, 2.05) is 0 Å². The molecule has 0 radical (unpaired) electrons. The molecular weight excluding hydrogens is 448 g/mol. The van der Waals surface area contributed by atoms with Gasteiger partial charge in [0.05, 0.1) is 6.42 Å². The zero-order chi connectivity index (χ0) is 23.4. The highest BCUT2D eigenvalue weighted by molar-refractivity contribution is 6.31. The summed E-state index contributed by atoms with van der Waals surface area (Å²) in [6.07, 6.45) is -0.991. The summed E-state index contributed by atoms with van der Waals surface area (Å²) < 4.78 is 99.9. The van der Waals surface area contributed by atoms with Crippen molar-refractivity contribution in [3.63, 3.8) is 0 Å². The first-order valence-corrected chi connectivity index (χ1v) is 9.14. The van der Waals surface area contributed by atoms with Crippen LogP contribution < -0.4 is 4.74 Å². The summed E-state index contributed by atoms with van der Waals surface area (Å²) in [6.45, 7) is -0.149. The number of hydrogen-bond donors (Lipinski definition) is 0. The number of halogens is 6. The van der Waals surface area contributed by atoms with Crippen LogP contribution in [0.15, 0.2) is 24.3 Å². The van der Waals surface area contributed by atoms with E-state index < -0.39 is 70.5 Å². The van der Waals surface area contributed by atoms with Crippen LogP contribution in [-0.2, 0) is 24.7 Å². The number of likely N-dealkylation sites (tertiary alicyclic amines) is 1. The van der Waals surface area contributed by atoms with E-state index in [-0.39, 0.29) is 18.5 Å². The number of carbonyl (C=O) groups excluding carboxylic acids is 2. The molecule has 2 aliphatic rings. The molecule has 2 aliphatic heterocycles. The molecule has 1 spiro atoms. The van der Waals surface area contributed by atoms with E-state index in [1.165, 1.54) is 30.1 Å². The van der Waals surface area contributed by atoms with Crippen molar-refractivity contribution in [3.8, 4) is 5.75 Å². The number of benzene rings is 2. The third-order valence-corrected chi connectivity index (χ3v) is 5.44. The minimum atomic E-state index is -2.40. The van der Waals surface area contributed by atoms with Gasteiger partial charge in [0.25, 0.3) is 0 Å². The van der Waals surface area contributed by atoms with Crippen LogP contribution >= 0.6 is 0 Å². The Hall–Kier alpha value is -3.28. The van der Waals surface area contributed by atoms with Crippen molar-refractivity contribution >= 4 is 11.9 Å². The average Bonchev–Trinajstić information content (AvgIpc) is 3.05. The largest absolute Gasteiger partial charge is 0.476 e. The van der Waals surface area contributed by atoms with E-state index in [0.717, 1.165) is 6.07 Å². The highest BCUT2D eigenvalue weighted by Gasteiger charge is 2.61. The molecule has 0 amide bonds. The Balaban J connectivity index is 1.90. The fraction of sp³-hybridized carbons (Fsp3) is 0.300. The van der Waals surface area contributed by atoms with Gasteiger partial charge in [-0.25, -0.2) is 32.1 Å². The van der Waals surface area contributed by atoms with Gasteiger partial charge < -0.3 is 14.2 Å². The zero-order valence-corrected chi connectivity index (χ0v) is 16.2. The van der Waals surface area contributed by atoms with Gasteiger partial charge in [-0.05, 0) is 13.1 Å². The maximum Gasteiger partial charge on any atom is 0.421 e. The number of hydrogen-bond acceptors (Lipinski definition) is 6. The van der Waals surface area contributed by atoms with E-state index in [1.54, 1.807) is 0 Å². The Morgan fingerprint density at radius 1 is 0.875 bits per heavy atom. The van der Waals surface area contributed by atoms with Crippen LogP contribution in [0.3, 0.4) is 0 Å². The van der Waals surface area contributed by atoms with Crippen LogP contribution in [0, 0.1) is 34.9 Å². The molecule has 0 saturated carbocycles. The smallest absolute Gasteiger partial charge is 0.421 e. The Morgan fingerprint density at radius 3 is 1.97 bits per heavy atom. The number of carbonyl (C=O) groups is 2. The first kappa shape index (κ1) is 21.9. The monoisotopic (exact) mass is 461 g/mol. The summed E-state index contributed by atoms with van der Waals surface area (Å²) in [5.74, 6) is -19.0. The van der Waals surface area contributed by atoms with Crippen molar-refractivity contribution < 1.29 is 50.1 Å². The summed E-state index contributed by atoms with van der Waals surface area (Å²) in [6, 6.07) is 4.79. The molecule has 2 fully saturated rings. The summed E-state index contributed by atoms with van der Waals surface area (Å²) in [7, 11) is 1.38. The number of piperidine rings is 1. The van der Waals surface area contributed by atoms with Crippen molar-refractivity contribution in [2.24, 2.45) is 0 Å². The van der Waals surface area contributed by atoms with E-state index in [0.29, 0.717) is 0 Å². The zero-order valence-electron chi connectivity index (χ0n) is 16.2. The Morgan fingerprint density at radius 2 is 1.41 bits per heavy atom. The SMILES string of the molecule is CN1CCC(Oc2c(F)c(F)c(F)c(F)c2F)(c2ccccc2F)CC12OC(=O)C(=O)O2. The molecule has 2 aromatic rings. The standard InChI is InChI=1S/C20H13F6NO5/c1-27-7-6-19(9-4-2-3-5-10(9)21,8-20(27)31-17(28)18(29)32-20)30-16-14(25)12(23)11(22)13(24)15(16)26/h2-5H,6-8H2,1H3. The third kappa shape index (κ3) is 3.17.